The zero-order valence-electron chi connectivity index (χ0n) is 11.0. The predicted octanol–water partition coefficient (Wildman–Crippen LogP) is 4.03. The van der Waals surface area contributed by atoms with E-state index in [0.717, 1.165) is 36.9 Å². The fourth-order valence-corrected chi connectivity index (χ4v) is 2.94. The van der Waals surface area contributed by atoms with Crippen molar-refractivity contribution in [1.82, 2.24) is 5.32 Å². The molecule has 0 aliphatic heterocycles. The molecule has 0 radical (unpaired) electrons. The average molecular weight is 304 g/mol. The smallest absolute Gasteiger partial charge is 0.220 e. The number of amides is 1. The molecule has 1 aliphatic rings. The van der Waals surface area contributed by atoms with Crippen LogP contribution in [0.25, 0.3) is 0 Å². The molecule has 1 rings (SSSR count). The Labute approximate surface area is 114 Å². The molecule has 0 heterocycles. The van der Waals surface area contributed by atoms with Crippen molar-refractivity contribution in [3.05, 3.63) is 0 Å². The van der Waals surface area contributed by atoms with E-state index in [1.807, 2.05) is 0 Å². The van der Waals surface area contributed by atoms with Crippen molar-refractivity contribution < 1.29 is 4.79 Å². The molecule has 1 amide bonds. The molecule has 0 aromatic heterocycles. The van der Waals surface area contributed by atoms with Gasteiger partial charge >= 0.3 is 0 Å². The Hall–Kier alpha value is -0.0500. The maximum atomic E-state index is 11.7. The fraction of sp³-hybridized carbons (Fsp3) is 0.929. The normalized spacial score (nSPS) is 18.9. The number of carbonyl (C=O) groups excluding carboxylic acids is 1. The van der Waals surface area contributed by atoms with E-state index >= 15 is 0 Å². The van der Waals surface area contributed by atoms with E-state index in [-0.39, 0.29) is 5.91 Å². The van der Waals surface area contributed by atoms with Crippen LogP contribution in [0.4, 0.5) is 0 Å². The third-order valence-electron chi connectivity index (χ3n) is 3.68. The van der Waals surface area contributed by atoms with Crippen LogP contribution >= 0.6 is 15.9 Å². The van der Waals surface area contributed by atoms with E-state index in [2.05, 4.69) is 28.2 Å². The highest BCUT2D eigenvalue weighted by atomic mass is 79.9. The van der Waals surface area contributed by atoms with Crippen LogP contribution in [-0.4, -0.2) is 17.3 Å². The quantitative estimate of drug-likeness (QED) is 0.707. The molecule has 0 saturated heterocycles. The molecule has 3 heteroatoms. The van der Waals surface area contributed by atoms with Gasteiger partial charge in [-0.2, -0.15) is 0 Å². The first kappa shape index (κ1) is 15.0. The van der Waals surface area contributed by atoms with E-state index in [0.29, 0.717) is 6.04 Å². The second-order valence-corrected chi connectivity index (χ2v) is 6.14. The summed E-state index contributed by atoms with van der Waals surface area (Å²) in [5, 5.41) is 4.12. The van der Waals surface area contributed by atoms with Crippen molar-refractivity contribution in [2.24, 2.45) is 5.92 Å². The highest BCUT2D eigenvalue weighted by molar-refractivity contribution is 9.09. The summed E-state index contributed by atoms with van der Waals surface area (Å²) in [4.78, 5) is 11.7. The third kappa shape index (κ3) is 7.07. The van der Waals surface area contributed by atoms with E-state index < -0.39 is 0 Å². The van der Waals surface area contributed by atoms with Crippen LogP contribution in [0.1, 0.15) is 64.7 Å². The number of halogens is 1. The molecule has 17 heavy (non-hydrogen) atoms. The van der Waals surface area contributed by atoms with Crippen molar-refractivity contribution >= 4 is 21.8 Å². The lowest BCUT2D eigenvalue weighted by Crippen LogP contribution is -2.32. The Kier molecular flexibility index (Phi) is 7.91. The topological polar surface area (TPSA) is 29.1 Å². The first-order valence-electron chi connectivity index (χ1n) is 7.07. The minimum absolute atomic E-state index is 0.248. The molecule has 1 aliphatic carbocycles. The number of alkyl halides is 1. The van der Waals surface area contributed by atoms with Gasteiger partial charge in [0.25, 0.3) is 0 Å². The van der Waals surface area contributed by atoms with Crippen LogP contribution in [0.2, 0.25) is 0 Å². The highest BCUT2D eigenvalue weighted by Crippen LogP contribution is 2.27. The van der Waals surface area contributed by atoms with Gasteiger partial charge in [0.15, 0.2) is 0 Å². The van der Waals surface area contributed by atoms with Gasteiger partial charge in [0.1, 0.15) is 0 Å². The molecule has 0 aromatic carbocycles. The van der Waals surface area contributed by atoms with Gasteiger partial charge < -0.3 is 5.32 Å². The summed E-state index contributed by atoms with van der Waals surface area (Å²) in [6.07, 6.45) is 10.8. The summed E-state index contributed by atoms with van der Waals surface area (Å²) in [7, 11) is 0. The average Bonchev–Trinajstić information content (AvgIpc) is 2.35. The Bertz CT molecular complexity index is 214. The molecule has 100 valence electrons. The van der Waals surface area contributed by atoms with Crippen molar-refractivity contribution in [3.8, 4) is 0 Å². The van der Waals surface area contributed by atoms with Gasteiger partial charge in [-0.3, -0.25) is 4.79 Å². The summed E-state index contributed by atoms with van der Waals surface area (Å²) in [5.41, 5.74) is 0. The van der Waals surface area contributed by atoms with E-state index in [4.69, 9.17) is 0 Å². The summed E-state index contributed by atoms with van der Waals surface area (Å²) in [5.74, 6) is 1.06. The van der Waals surface area contributed by atoms with Gasteiger partial charge in [0.2, 0.25) is 5.91 Å². The Morgan fingerprint density at radius 1 is 1.35 bits per heavy atom. The molecule has 0 bridgehead atoms. The minimum Gasteiger partial charge on any atom is -0.354 e. The van der Waals surface area contributed by atoms with Gasteiger partial charge in [-0.25, -0.2) is 0 Å². The molecule has 1 fully saturated rings. The SMILES string of the molecule is CC(CCCBr)NC(=O)CCC1CCCCC1. The number of nitrogens with one attached hydrogen (secondary N) is 1. The van der Waals surface area contributed by atoms with Crippen LogP contribution in [-0.2, 0) is 4.79 Å². The maximum absolute atomic E-state index is 11.7. The number of carbonyl (C=O) groups is 1. The molecular formula is C14H26BrNO. The highest BCUT2D eigenvalue weighted by Gasteiger charge is 2.15. The first-order chi connectivity index (χ1) is 8.22. The van der Waals surface area contributed by atoms with E-state index in [1.54, 1.807) is 0 Å². The van der Waals surface area contributed by atoms with E-state index in [9.17, 15) is 4.79 Å². The van der Waals surface area contributed by atoms with Crippen LogP contribution < -0.4 is 5.32 Å². The lowest BCUT2D eigenvalue weighted by molar-refractivity contribution is -0.122. The zero-order valence-corrected chi connectivity index (χ0v) is 12.6. The lowest BCUT2D eigenvalue weighted by Gasteiger charge is -2.21. The van der Waals surface area contributed by atoms with Crippen LogP contribution in [0.5, 0.6) is 0 Å². The molecular weight excluding hydrogens is 278 g/mol. The van der Waals surface area contributed by atoms with E-state index in [1.165, 1.54) is 32.1 Å². The molecule has 0 aromatic rings. The van der Waals surface area contributed by atoms with Crippen LogP contribution in [0, 0.1) is 5.92 Å². The standard InChI is InChI=1S/C14H26BrNO/c1-12(6-5-11-15)16-14(17)10-9-13-7-3-2-4-8-13/h12-13H,2-11H2,1H3,(H,16,17). The van der Waals surface area contributed by atoms with Crippen molar-refractivity contribution in [3.63, 3.8) is 0 Å². The monoisotopic (exact) mass is 303 g/mol. The zero-order chi connectivity index (χ0) is 12.5. The molecule has 2 nitrogen and oxygen atoms in total. The van der Waals surface area contributed by atoms with Gasteiger partial charge in [0, 0.05) is 17.8 Å². The Morgan fingerprint density at radius 3 is 2.71 bits per heavy atom. The van der Waals surface area contributed by atoms with Gasteiger partial charge in [0.05, 0.1) is 0 Å². The lowest BCUT2D eigenvalue weighted by atomic mass is 9.86. The minimum atomic E-state index is 0.248. The Balaban J connectivity index is 2.07. The van der Waals surface area contributed by atoms with Gasteiger partial charge in [-0.1, -0.05) is 48.0 Å². The first-order valence-corrected chi connectivity index (χ1v) is 8.20. The van der Waals surface area contributed by atoms with Crippen LogP contribution in [0.3, 0.4) is 0 Å². The summed E-state index contributed by atoms with van der Waals surface area (Å²) in [6.45, 7) is 2.10. The van der Waals surface area contributed by atoms with Crippen molar-refractivity contribution in [2.45, 2.75) is 70.8 Å². The Morgan fingerprint density at radius 2 is 2.06 bits per heavy atom. The molecule has 1 atom stereocenters. The van der Waals surface area contributed by atoms with Crippen molar-refractivity contribution in [1.29, 1.82) is 0 Å². The second-order valence-electron chi connectivity index (χ2n) is 5.34. The van der Waals surface area contributed by atoms with Crippen molar-refractivity contribution in [2.75, 3.05) is 5.33 Å². The van der Waals surface area contributed by atoms with Gasteiger partial charge in [-0.05, 0) is 32.1 Å². The third-order valence-corrected chi connectivity index (χ3v) is 4.24. The number of rotatable bonds is 7. The summed E-state index contributed by atoms with van der Waals surface area (Å²) >= 11 is 3.41. The van der Waals surface area contributed by atoms with Gasteiger partial charge in [-0.15, -0.1) is 0 Å². The van der Waals surface area contributed by atoms with Crippen LogP contribution in [0.15, 0.2) is 0 Å². The molecule has 1 N–H and O–H groups in total. The maximum Gasteiger partial charge on any atom is 0.220 e. The molecule has 1 unspecified atom stereocenters. The summed E-state index contributed by atoms with van der Waals surface area (Å²) in [6, 6.07) is 0.325. The predicted molar refractivity (Wildman–Crippen MR) is 76.4 cm³/mol. The number of hydrogen-bond acceptors (Lipinski definition) is 1. The number of hydrogen-bond donors (Lipinski definition) is 1. The second kappa shape index (κ2) is 8.96. The largest absolute Gasteiger partial charge is 0.354 e. The molecule has 1 saturated carbocycles. The molecule has 0 spiro atoms. The summed E-state index contributed by atoms with van der Waals surface area (Å²) < 4.78 is 0. The fourth-order valence-electron chi connectivity index (χ4n) is 2.61.